The highest BCUT2D eigenvalue weighted by Crippen LogP contribution is 2.13. The summed E-state index contributed by atoms with van der Waals surface area (Å²) in [5.74, 6) is 2.51. The van der Waals surface area contributed by atoms with Crippen molar-refractivity contribution in [2.75, 3.05) is 33.8 Å². The number of benzene rings is 1. The molecule has 2 N–H and O–H groups in total. The van der Waals surface area contributed by atoms with Crippen LogP contribution in [0.15, 0.2) is 35.6 Å². The molecule has 0 saturated heterocycles. The molecule has 0 radical (unpaired) electrons. The summed E-state index contributed by atoms with van der Waals surface area (Å²) in [6.07, 6.45) is 2.56. The van der Waals surface area contributed by atoms with E-state index in [1.54, 1.807) is 11.0 Å². The van der Waals surface area contributed by atoms with Gasteiger partial charge in [0, 0.05) is 20.1 Å². The maximum Gasteiger partial charge on any atom is 0.191 e. The van der Waals surface area contributed by atoms with Crippen LogP contribution >= 0.6 is 24.0 Å². The van der Waals surface area contributed by atoms with Gasteiger partial charge in [0.25, 0.3) is 0 Å². The Hall–Kier alpha value is -1.88. The Kier molecular flexibility index (Phi) is 11.5. The molecule has 0 amide bonds. The zero-order valence-electron chi connectivity index (χ0n) is 17.2. The van der Waals surface area contributed by atoms with Gasteiger partial charge in [0.15, 0.2) is 5.96 Å². The highest BCUT2D eigenvalue weighted by Gasteiger charge is 2.03. The highest BCUT2D eigenvalue weighted by molar-refractivity contribution is 14.0. The van der Waals surface area contributed by atoms with E-state index in [1.165, 1.54) is 0 Å². The molecule has 0 spiro atoms. The smallest absolute Gasteiger partial charge is 0.191 e. The Balaban J connectivity index is 0.00000392. The average Bonchev–Trinajstić information content (AvgIpc) is 3.07. The molecule has 1 aromatic carbocycles. The molecule has 0 aliphatic carbocycles. The van der Waals surface area contributed by atoms with Crippen LogP contribution in [0.4, 0.5) is 0 Å². The van der Waals surface area contributed by atoms with Gasteiger partial charge in [-0.3, -0.25) is 4.68 Å². The van der Waals surface area contributed by atoms with Gasteiger partial charge in [-0.2, -0.15) is 5.10 Å². The zero-order chi connectivity index (χ0) is 19.5. The summed E-state index contributed by atoms with van der Waals surface area (Å²) < 4.78 is 7.51. The summed E-state index contributed by atoms with van der Waals surface area (Å²) in [5.41, 5.74) is 1.13. The van der Waals surface area contributed by atoms with Gasteiger partial charge in [-0.15, -0.1) is 24.0 Å². The molecule has 0 unspecified atom stereocenters. The zero-order valence-corrected chi connectivity index (χ0v) is 19.5. The van der Waals surface area contributed by atoms with E-state index in [1.807, 2.05) is 26.1 Å². The third-order valence-corrected chi connectivity index (χ3v) is 3.92. The Morgan fingerprint density at radius 1 is 1.21 bits per heavy atom. The van der Waals surface area contributed by atoms with E-state index in [9.17, 15) is 0 Å². The van der Waals surface area contributed by atoms with Crippen molar-refractivity contribution in [3.8, 4) is 5.75 Å². The molecule has 0 saturated carbocycles. The van der Waals surface area contributed by atoms with Gasteiger partial charge in [0.2, 0.25) is 0 Å². The topological polar surface area (TPSA) is 79.6 Å². The molecule has 0 fully saturated rings. The third kappa shape index (κ3) is 8.87. The largest absolute Gasteiger partial charge is 0.494 e. The van der Waals surface area contributed by atoms with Crippen molar-refractivity contribution in [2.45, 2.75) is 26.4 Å². The SMILES string of the molecule is CCNC(=NCc1ccc(OCCCN(C)C)cc1)NCc1ncnn1C.I. The molecule has 1 aromatic heterocycles. The fourth-order valence-electron chi connectivity index (χ4n) is 2.42. The number of nitrogens with zero attached hydrogens (tertiary/aromatic N) is 5. The molecule has 0 aliphatic heterocycles. The minimum Gasteiger partial charge on any atom is -0.494 e. The maximum absolute atomic E-state index is 5.76. The monoisotopic (exact) mass is 501 g/mol. The van der Waals surface area contributed by atoms with Crippen LogP contribution in [0.2, 0.25) is 0 Å². The first-order valence-electron chi connectivity index (χ1n) is 9.30. The maximum atomic E-state index is 5.76. The second-order valence-corrected chi connectivity index (χ2v) is 6.50. The van der Waals surface area contributed by atoms with Crippen LogP contribution in [-0.4, -0.2) is 59.4 Å². The summed E-state index contributed by atoms with van der Waals surface area (Å²) >= 11 is 0. The molecule has 2 rings (SSSR count). The second-order valence-electron chi connectivity index (χ2n) is 6.50. The standard InChI is InChI=1S/C19H31N7O.HI/c1-5-20-19(22-14-18-23-15-24-26(18)4)21-13-16-7-9-17(10-8-16)27-12-6-11-25(2)3;/h7-10,15H,5-6,11-14H2,1-4H3,(H2,20,21,22);1H. The predicted molar refractivity (Wildman–Crippen MR) is 123 cm³/mol. The van der Waals surface area contributed by atoms with Crippen LogP contribution in [0.5, 0.6) is 5.75 Å². The van der Waals surface area contributed by atoms with Crippen molar-refractivity contribution >= 4 is 29.9 Å². The highest BCUT2D eigenvalue weighted by atomic mass is 127. The number of rotatable bonds is 10. The molecular weight excluding hydrogens is 469 g/mol. The first kappa shape index (κ1) is 24.2. The van der Waals surface area contributed by atoms with Gasteiger partial charge in [0.1, 0.15) is 17.9 Å². The van der Waals surface area contributed by atoms with Gasteiger partial charge < -0.3 is 20.3 Å². The minimum atomic E-state index is 0. The lowest BCUT2D eigenvalue weighted by Gasteiger charge is -2.11. The number of guanidine groups is 1. The summed E-state index contributed by atoms with van der Waals surface area (Å²) in [6.45, 7) is 5.76. The predicted octanol–water partition coefficient (Wildman–Crippen LogP) is 2.02. The molecule has 2 aromatic rings. The van der Waals surface area contributed by atoms with Crippen molar-refractivity contribution in [3.63, 3.8) is 0 Å². The fourth-order valence-corrected chi connectivity index (χ4v) is 2.42. The number of aryl methyl sites for hydroxylation is 1. The van der Waals surface area contributed by atoms with Crippen molar-refractivity contribution in [1.29, 1.82) is 0 Å². The summed E-state index contributed by atoms with van der Waals surface area (Å²) in [7, 11) is 6.01. The van der Waals surface area contributed by atoms with Gasteiger partial charge >= 0.3 is 0 Å². The molecule has 8 nitrogen and oxygen atoms in total. The summed E-state index contributed by atoms with van der Waals surface area (Å²) in [6, 6.07) is 8.11. The first-order chi connectivity index (χ1) is 13.1. The van der Waals surface area contributed by atoms with E-state index in [0.717, 1.165) is 49.2 Å². The van der Waals surface area contributed by atoms with Crippen LogP contribution in [0.3, 0.4) is 0 Å². The van der Waals surface area contributed by atoms with Crippen LogP contribution in [0.25, 0.3) is 0 Å². The minimum absolute atomic E-state index is 0. The normalized spacial score (nSPS) is 11.2. The van der Waals surface area contributed by atoms with E-state index < -0.39 is 0 Å². The lowest BCUT2D eigenvalue weighted by atomic mass is 10.2. The van der Waals surface area contributed by atoms with Crippen molar-refractivity contribution in [2.24, 2.45) is 12.0 Å². The number of nitrogens with one attached hydrogen (secondary N) is 2. The quantitative estimate of drug-likeness (QED) is 0.225. The molecule has 9 heteroatoms. The van der Waals surface area contributed by atoms with Crippen molar-refractivity contribution in [3.05, 3.63) is 42.0 Å². The lowest BCUT2D eigenvalue weighted by Crippen LogP contribution is -2.37. The Morgan fingerprint density at radius 3 is 2.57 bits per heavy atom. The number of hydrogen-bond donors (Lipinski definition) is 2. The number of ether oxygens (including phenoxy) is 1. The molecule has 0 bridgehead atoms. The van der Waals surface area contributed by atoms with E-state index >= 15 is 0 Å². The van der Waals surface area contributed by atoms with Crippen LogP contribution in [0.1, 0.15) is 24.7 Å². The number of aromatic nitrogens is 3. The number of aliphatic imine (C=N–C) groups is 1. The summed E-state index contributed by atoms with van der Waals surface area (Å²) in [4.78, 5) is 11.0. The van der Waals surface area contributed by atoms with Gasteiger partial charge in [-0.25, -0.2) is 9.98 Å². The van der Waals surface area contributed by atoms with E-state index in [-0.39, 0.29) is 24.0 Å². The van der Waals surface area contributed by atoms with Crippen LogP contribution < -0.4 is 15.4 Å². The third-order valence-electron chi connectivity index (χ3n) is 3.92. The Labute approximate surface area is 184 Å². The first-order valence-corrected chi connectivity index (χ1v) is 9.30. The van der Waals surface area contributed by atoms with Crippen LogP contribution in [0, 0.1) is 0 Å². The van der Waals surface area contributed by atoms with Gasteiger partial charge in [0.05, 0.1) is 19.7 Å². The summed E-state index contributed by atoms with van der Waals surface area (Å²) in [5, 5.41) is 10.6. The lowest BCUT2D eigenvalue weighted by molar-refractivity contribution is 0.281. The van der Waals surface area contributed by atoms with Gasteiger partial charge in [-0.1, -0.05) is 12.1 Å². The molecule has 28 heavy (non-hydrogen) atoms. The average molecular weight is 501 g/mol. The van der Waals surface area contributed by atoms with E-state index in [0.29, 0.717) is 13.1 Å². The molecule has 156 valence electrons. The fraction of sp³-hybridized carbons (Fsp3) is 0.526. The number of halogens is 1. The second kappa shape index (κ2) is 13.3. The Bertz CT molecular complexity index is 701. The molecular formula is C19H32IN7O. The molecule has 1 heterocycles. The van der Waals surface area contributed by atoms with Crippen molar-refractivity contribution in [1.82, 2.24) is 30.3 Å². The van der Waals surface area contributed by atoms with Gasteiger partial charge in [-0.05, 0) is 45.1 Å². The van der Waals surface area contributed by atoms with E-state index in [4.69, 9.17) is 4.74 Å². The number of hydrogen-bond acceptors (Lipinski definition) is 5. The molecule has 0 atom stereocenters. The molecule has 0 aliphatic rings. The Morgan fingerprint density at radius 2 is 1.96 bits per heavy atom. The van der Waals surface area contributed by atoms with E-state index in [2.05, 4.69) is 56.8 Å². The van der Waals surface area contributed by atoms with Crippen LogP contribution in [-0.2, 0) is 20.1 Å². The van der Waals surface area contributed by atoms with Crippen molar-refractivity contribution < 1.29 is 4.74 Å².